The van der Waals surface area contributed by atoms with E-state index in [9.17, 15) is 0 Å². The lowest BCUT2D eigenvalue weighted by molar-refractivity contribution is 0.266. The number of hydrogen-bond donors (Lipinski definition) is 0. The molecule has 53 valence electrons. The van der Waals surface area contributed by atoms with Crippen LogP contribution in [0.3, 0.4) is 0 Å². The van der Waals surface area contributed by atoms with Gasteiger partial charge in [0.1, 0.15) is 16.2 Å². The van der Waals surface area contributed by atoms with E-state index >= 15 is 0 Å². The Morgan fingerprint density at radius 3 is 3.22 bits per heavy atom. The van der Waals surface area contributed by atoms with Crippen LogP contribution in [-0.2, 0) is 4.43 Å². The predicted octanol–water partition coefficient (Wildman–Crippen LogP) is 0.800. The third-order valence-electron chi connectivity index (χ3n) is 1.29. The van der Waals surface area contributed by atoms with E-state index in [1.54, 1.807) is 6.55 Å². The molecule has 0 rings (SSSR count). The van der Waals surface area contributed by atoms with E-state index in [2.05, 4.69) is 13.8 Å². The second-order valence-corrected chi connectivity index (χ2v) is 3.95. The van der Waals surface area contributed by atoms with Crippen LogP contribution in [0.1, 0.15) is 20.3 Å². The van der Waals surface area contributed by atoms with Gasteiger partial charge in [0.15, 0.2) is 0 Å². The average molecular weight is 146 g/mol. The quantitative estimate of drug-likeness (QED) is 0.521. The van der Waals surface area contributed by atoms with Crippen molar-refractivity contribution in [3.05, 3.63) is 0 Å². The number of rotatable bonds is 5. The first-order valence-corrected chi connectivity index (χ1v) is 5.37. The van der Waals surface area contributed by atoms with Crippen molar-refractivity contribution in [2.45, 2.75) is 26.8 Å². The maximum Gasteiger partial charge on any atom is 0.129 e. The van der Waals surface area contributed by atoms with Crippen molar-refractivity contribution in [1.82, 2.24) is 0 Å². The third kappa shape index (κ3) is 6.12. The lowest BCUT2D eigenvalue weighted by Crippen LogP contribution is -2.17. The van der Waals surface area contributed by atoms with Crippen molar-refractivity contribution in [3.63, 3.8) is 0 Å². The SMILES string of the molecule is [2H][Si](C)([B][3H])OCC(C)CC. The highest BCUT2D eigenvalue weighted by Crippen LogP contribution is 2.00. The first kappa shape index (κ1) is 5.98. The molecule has 0 heterocycles. The van der Waals surface area contributed by atoms with Crippen molar-refractivity contribution in [3.8, 4) is 0 Å². The highest BCUT2D eigenvalue weighted by molar-refractivity contribution is 6.98. The van der Waals surface area contributed by atoms with E-state index in [1.807, 2.05) is 0 Å². The fraction of sp³-hybridized carbons (Fsp3) is 1.00. The Hall–Kier alpha value is 0.242. The van der Waals surface area contributed by atoms with Gasteiger partial charge in [-0.1, -0.05) is 26.8 Å². The Bertz CT molecular complexity index is 113. The second kappa shape index (κ2) is 5.06. The summed E-state index contributed by atoms with van der Waals surface area (Å²) in [6.07, 6.45) is 1.07. The molecule has 3 heteroatoms. The lowest BCUT2D eigenvalue weighted by atomic mass is 10.1. The molecule has 0 spiro atoms. The zero-order chi connectivity index (χ0) is 8.91. The van der Waals surface area contributed by atoms with Gasteiger partial charge in [0.05, 0.1) is 0 Å². The zero-order valence-corrected chi connectivity index (χ0v) is 7.48. The van der Waals surface area contributed by atoms with Crippen molar-refractivity contribution < 1.29 is 4.43 Å². The molecule has 1 radical (unpaired) electrons. The van der Waals surface area contributed by atoms with Crippen molar-refractivity contribution in [1.29, 1.82) is 2.57 Å². The minimum Gasteiger partial charge on any atom is -0.429 e. The summed E-state index contributed by atoms with van der Waals surface area (Å²) in [5.41, 5.74) is 0. The zero-order valence-electron chi connectivity index (χ0n) is 8.48. The van der Waals surface area contributed by atoms with Crippen LogP contribution in [0.4, 0.5) is 0 Å². The van der Waals surface area contributed by atoms with Gasteiger partial charge in [0.25, 0.3) is 0 Å². The molecule has 0 amide bonds. The molecule has 0 aromatic rings. The fourth-order valence-electron chi connectivity index (χ4n) is 0.392. The summed E-state index contributed by atoms with van der Waals surface area (Å²) >= 11 is 0. The van der Waals surface area contributed by atoms with Crippen LogP contribution in [0, 0.1) is 5.92 Å². The molecule has 0 aliphatic carbocycles. The number of hydrogen-bond acceptors (Lipinski definition) is 1. The molecule has 2 unspecified atom stereocenters. The van der Waals surface area contributed by atoms with E-state index in [-0.39, 0.29) is 0 Å². The van der Waals surface area contributed by atoms with Crippen LogP contribution in [0.15, 0.2) is 0 Å². The largest absolute Gasteiger partial charge is 0.429 e. The van der Waals surface area contributed by atoms with Gasteiger partial charge in [-0.3, -0.25) is 0 Å². The summed E-state index contributed by atoms with van der Waals surface area (Å²) in [5, 5.41) is 0. The van der Waals surface area contributed by atoms with E-state index in [0.29, 0.717) is 12.5 Å². The Morgan fingerprint density at radius 2 is 2.78 bits per heavy atom. The lowest BCUT2D eigenvalue weighted by Gasteiger charge is -2.11. The molecule has 0 aliphatic heterocycles. The summed E-state index contributed by atoms with van der Waals surface area (Å²) in [6.45, 7) is 6.52. The third-order valence-corrected chi connectivity index (χ3v) is 1.91. The molecular weight excluding hydrogens is 127 g/mol. The van der Waals surface area contributed by atoms with Crippen molar-refractivity contribution >= 4 is 16.2 Å². The highest BCUT2D eigenvalue weighted by atomic mass is 28.3. The Morgan fingerprint density at radius 1 is 2.11 bits per heavy atom. The minimum atomic E-state index is -2.46. The van der Waals surface area contributed by atoms with Crippen LogP contribution < -0.4 is 0 Å². The summed E-state index contributed by atoms with van der Waals surface area (Å²) < 4.78 is 19.7. The summed E-state index contributed by atoms with van der Waals surface area (Å²) in [4.78, 5) is 0. The van der Waals surface area contributed by atoms with Crippen molar-refractivity contribution in [2.24, 2.45) is 5.92 Å². The van der Waals surface area contributed by atoms with Gasteiger partial charge in [0.2, 0.25) is 0 Å². The van der Waals surface area contributed by atoms with Crippen LogP contribution in [0.25, 0.3) is 0 Å². The maximum absolute atomic E-state index is 7.52. The smallest absolute Gasteiger partial charge is 0.129 e. The minimum absolute atomic E-state index is 0.507. The standard InChI is InChI=1S/C6H16BOSi/c1-4-6(2)5-8-9(3)7/h6-7,9H,4-5H2,1-3H3/i7T,9D. The van der Waals surface area contributed by atoms with E-state index in [4.69, 9.17) is 7.00 Å². The first-order valence-electron chi connectivity index (χ1n) is 4.46. The van der Waals surface area contributed by atoms with Crippen LogP contribution in [-0.4, -0.2) is 25.4 Å². The topological polar surface area (TPSA) is 9.23 Å². The molecule has 0 aromatic heterocycles. The fourth-order valence-corrected chi connectivity index (χ4v) is 0.939. The molecule has 0 saturated heterocycles. The van der Waals surface area contributed by atoms with Gasteiger partial charge >= 0.3 is 0 Å². The Kier molecular flexibility index (Phi) is 3.37. The van der Waals surface area contributed by atoms with Gasteiger partial charge < -0.3 is 4.43 Å². The molecular formula is C6H16BOSi. The van der Waals surface area contributed by atoms with Crippen LogP contribution in [0.2, 0.25) is 6.55 Å². The molecule has 0 saturated carbocycles. The normalized spacial score (nSPS) is 23.4. The molecule has 1 nitrogen and oxygen atoms in total. The van der Waals surface area contributed by atoms with Crippen LogP contribution in [0.5, 0.6) is 0 Å². The summed E-state index contributed by atoms with van der Waals surface area (Å²) in [6, 6.07) is 0. The van der Waals surface area contributed by atoms with Gasteiger partial charge in [-0.05, 0) is 7.25 Å². The van der Waals surface area contributed by atoms with Gasteiger partial charge in [-0.2, -0.15) is 0 Å². The van der Waals surface area contributed by atoms with Gasteiger partial charge in [-0.25, -0.2) is 0 Å². The first-order chi connectivity index (χ1) is 5.02. The van der Waals surface area contributed by atoms with Gasteiger partial charge in [0, 0.05) is 7.84 Å². The van der Waals surface area contributed by atoms with E-state index in [1.165, 1.54) is 0 Å². The summed E-state index contributed by atoms with van der Waals surface area (Å²) in [7, 11) is -1.32. The van der Waals surface area contributed by atoms with Crippen molar-refractivity contribution in [2.75, 3.05) is 6.61 Å². The Balaban J connectivity index is 3.52. The molecule has 0 N–H and O–H groups in total. The average Bonchev–Trinajstić information content (AvgIpc) is 2.00. The highest BCUT2D eigenvalue weighted by Gasteiger charge is 1.99. The molecule has 0 aliphatic rings. The van der Waals surface area contributed by atoms with E-state index < -0.39 is 8.84 Å². The Labute approximate surface area is 63.5 Å². The second-order valence-electron chi connectivity index (χ2n) is 2.44. The molecule has 0 bridgehead atoms. The molecule has 0 fully saturated rings. The van der Waals surface area contributed by atoms with E-state index in [0.717, 1.165) is 13.8 Å². The summed E-state index contributed by atoms with van der Waals surface area (Å²) in [5.74, 6) is 0.507. The molecule has 9 heavy (non-hydrogen) atoms. The molecule has 0 aromatic carbocycles. The predicted molar refractivity (Wildman–Crippen MR) is 45.6 cm³/mol. The molecule has 2 atom stereocenters. The monoisotopic (exact) mass is 146 g/mol. The van der Waals surface area contributed by atoms with Crippen LogP contribution >= 0.6 is 0 Å². The maximum atomic E-state index is 7.52. The van der Waals surface area contributed by atoms with Gasteiger partial charge in [-0.15, -0.1) is 0 Å².